The van der Waals surface area contributed by atoms with Gasteiger partial charge < -0.3 is 10.1 Å². The molecule has 1 aromatic rings. The van der Waals surface area contributed by atoms with Crippen molar-refractivity contribution in [3.63, 3.8) is 0 Å². The molecule has 0 bridgehead atoms. The zero-order valence-electron chi connectivity index (χ0n) is 9.26. The van der Waals surface area contributed by atoms with Gasteiger partial charge in [0.25, 0.3) is 0 Å². The van der Waals surface area contributed by atoms with Crippen molar-refractivity contribution in [2.24, 2.45) is 0 Å². The Morgan fingerprint density at radius 1 is 1.50 bits per heavy atom. The number of nitrogens with one attached hydrogen (secondary N) is 1. The molecule has 0 radical (unpaired) electrons. The average Bonchev–Trinajstić information content (AvgIpc) is 2.45. The highest BCUT2D eigenvalue weighted by atomic mass is 32.1. The summed E-state index contributed by atoms with van der Waals surface area (Å²) in [5.74, 6) is 0. The van der Waals surface area contributed by atoms with Crippen LogP contribution < -0.4 is 5.32 Å². The molecule has 0 amide bonds. The van der Waals surface area contributed by atoms with Crippen molar-refractivity contribution in [3.05, 3.63) is 15.6 Å². The molecule has 1 N–H and O–H groups in total. The highest BCUT2D eigenvalue weighted by Gasteiger charge is 2.10. The SMILES string of the molecule is CNC(COC)Cc1nc(C)c(C)s1. The van der Waals surface area contributed by atoms with Gasteiger partial charge in [-0.2, -0.15) is 0 Å². The molecular weight excluding hydrogens is 196 g/mol. The van der Waals surface area contributed by atoms with E-state index in [0.29, 0.717) is 6.04 Å². The van der Waals surface area contributed by atoms with E-state index in [4.69, 9.17) is 4.74 Å². The minimum absolute atomic E-state index is 0.366. The molecule has 0 aliphatic heterocycles. The minimum Gasteiger partial charge on any atom is -0.383 e. The summed E-state index contributed by atoms with van der Waals surface area (Å²) in [4.78, 5) is 5.82. The molecule has 0 aliphatic rings. The maximum Gasteiger partial charge on any atom is 0.0947 e. The predicted octanol–water partition coefficient (Wildman–Crippen LogP) is 1.54. The molecular formula is C10H18N2OS. The number of aryl methyl sites for hydroxylation is 2. The number of aromatic nitrogens is 1. The Balaban J connectivity index is 2.57. The predicted molar refractivity (Wildman–Crippen MR) is 60.0 cm³/mol. The molecule has 0 aliphatic carbocycles. The zero-order chi connectivity index (χ0) is 10.6. The van der Waals surface area contributed by atoms with Crippen LogP contribution in [0.3, 0.4) is 0 Å². The van der Waals surface area contributed by atoms with E-state index in [-0.39, 0.29) is 0 Å². The fraction of sp³-hybridized carbons (Fsp3) is 0.700. The lowest BCUT2D eigenvalue weighted by molar-refractivity contribution is 0.169. The molecule has 1 heterocycles. The van der Waals surface area contributed by atoms with Gasteiger partial charge in [-0.05, 0) is 20.9 Å². The van der Waals surface area contributed by atoms with E-state index >= 15 is 0 Å². The molecule has 1 atom stereocenters. The summed E-state index contributed by atoms with van der Waals surface area (Å²) in [5.41, 5.74) is 1.15. The lowest BCUT2D eigenvalue weighted by atomic mass is 10.2. The van der Waals surface area contributed by atoms with E-state index in [9.17, 15) is 0 Å². The summed E-state index contributed by atoms with van der Waals surface area (Å²) >= 11 is 1.78. The first-order chi connectivity index (χ1) is 6.67. The van der Waals surface area contributed by atoms with Crippen LogP contribution in [0.25, 0.3) is 0 Å². The van der Waals surface area contributed by atoms with Crippen LogP contribution in [-0.4, -0.2) is 31.8 Å². The average molecular weight is 214 g/mol. The van der Waals surface area contributed by atoms with Gasteiger partial charge in [0.15, 0.2) is 0 Å². The van der Waals surface area contributed by atoms with Gasteiger partial charge in [0.1, 0.15) is 0 Å². The highest BCUT2D eigenvalue weighted by molar-refractivity contribution is 7.11. The van der Waals surface area contributed by atoms with Gasteiger partial charge >= 0.3 is 0 Å². The fourth-order valence-electron chi connectivity index (χ4n) is 1.28. The van der Waals surface area contributed by atoms with Gasteiger partial charge in [-0.15, -0.1) is 11.3 Å². The smallest absolute Gasteiger partial charge is 0.0947 e. The number of thiazole rings is 1. The third-order valence-electron chi connectivity index (χ3n) is 2.27. The fourth-order valence-corrected chi connectivity index (χ4v) is 2.30. The number of hydrogen-bond acceptors (Lipinski definition) is 4. The third kappa shape index (κ3) is 3.04. The standard InChI is InChI=1S/C10H18N2OS/c1-7-8(2)14-10(12-7)5-9(11-3)6-13-4/h9,11H,5-6H2,1-4H3. The molecule has 0 spiro atoms. The molecule has 0 saturated carbocycles. The number of methoxy groups -OCH3 is 1. The summed E-state index contributed by atoms with van der Waals surface area (Å²) in [6, 6.07) is 0.366. The topological polar surface area (TPSA) is 34.1 Å². The van der Waals surface area contributed by atoms with E-state index in [1.165, 1.54) is 9.88 Å². The van der Waals surface area contributed by atoms with Crippen LogP contribution in [0, 0.1) is 13.8 Å². The minimum atomic E-state index is 0.366. The summed E-state index contributed by atoms with van der Waals surface area (Å²) in [6.45, 7) is 4.90. The van der Waals surface area contributed by atoms with Crippen molar-refractivity contribution in [2.75, 3.05) is 20.8 Å². The van der Waals surface area contributed by atoms with Gasteiger partial charge in [0, 0.05) is 24.4 Å². The van der Waals surface area contributed by atoms with Crippen molar-refractivity contribution in [2.45, 2.75) is 26.3 Å². The molecule has 1 rings (SSSR count). The number of ether oxygens (including phenoxy) is 1. The Kier molecular flexibility index (Phi) is 4.51. The highest BCUT2D eigenvalue weighted by Crippen LogP contribution is 2.17. The molecule has 80 valence electrons. The Bertz CT molecular complexity index is 266. The van der Waals surface area contributed by atoms with Gasteiger partial charge in [-0.1, -0.05) is 0 Å². The number of hydrogen-bond donors (Lipinski definition) is 1. The molecule has 0 saturated heterocycles. The van der Waals surface area contributed by atoms with E-state index in [1.807, 2.05) is 7.05 Å². The molecule has 0 aromatic carbocycles. The first kappa shape index (κ1) is 11.6. The molecule has 4 heteroatoms. The van der Waals surface area contributed by atoms with E-state index in [1.54, 1.807) is 18.4 Å². The Morgan fingerprint density at radius 3 is 2.64 bits per heavy atom. The number of likely N-dealkylation sites (N-methyl/N-ethyl adjacent to an activating group) is 1. The first-order valence-corrected chi connectivity index (χ1v) is 5.58. The Morgan fingerprint density at radius 2 is 2.21 bits per heavy atom. The second-order valence-corrected chi connectivity index (χ2v) is 4.68. The van der Waals surface area contributed by atoms with Crippen molar-refractivity contribution in [1.29, 1.82) is 0 Å². The summed E-state index contributed by atoms with van der Waals surface area (Å²) < 4.78 is 5.12. The molecule has 1 unspecified atom stereocenters. The van der Waals surface area contributed by atoms with Crippen molar-refractivity contribution < 1.29 is 4.74 Å². The Hall–Kier alpha value is -0.450. The van der Waals surface area contributed by atoms with Gasteiger partial charge in [0.2, 0.25) is 0 Å². The quantitative estimate of drug-likeness (QED) is 0.807. The van der Waals surface area contributed by atoms with Crippen LogP contribution in [0.5, 0.6) is 0 Å². The molecule has 3 nitrogen and oxygen atoms in total. The molecule has 1 aromatic heterocycles. The van der Waals surface area contributed by atoms with E-state index in [2.05, 4.69) is 24.1 Å². The molecule has 14 heavy (non-hydrogen) atoms. The second kappa shape index (κ2) is 5.44. The van der Waals surface area contributed by atoms with Gasteiger partial charge in [-0.25, -0.2) is 4.98 Å². The van der Waals surface area contributed by atoms with Gasteiger partial charge in [-0.3, -0.25) is 0 Å². The van der Waals surface area contributed by atoms with Crippen LogP contribution in [0.2, 0.25) is 0 Å². The van der Waals surface area contributed by atoms with Crippen molar-refractivity contribution >= 4 is 11.3 Å². The van der Waals surface area contributed by atoms with E-state index < -0.39 is 0 Å². The lowest BCUT2D eigenvalue weighted by Crippen LogP contribution is -2.32. The third-order valence-corrected chi connectivity index (χ3v) is 3.37. The van der Waals surface area contributed by atoms with E-state index in [0.717, 1.165) is 18.7 Å². The maximum absolute atomic E-state index is 5.12. The van der Waals surface area contributed by atoms with Crippen LogP contribution in [0.15, 0.2) is 0 Å². The maximum atomic E-state index is 5.12. The Labute approximate surface area is 89.5 Å². The lowest BCUT2D eigenvalue weighted by Gasteiger charge is -2.12. The van der Waals surface area contributed by atoms with Gasteiger partial charge in [0.05, 0.1) is 17.3 Å². The van der Waals surface area contributed by atoms with Crippen molar-refractivity contribution in [1.82, 2.24) is 10.3 Å². The summed E-state index contributed by atoms with van der Waals surface area (Å²) in [7, 11) is 3.68. The monoisotopic (exact) mass is 214 g/mol. The largest absolute Gasteiger partial charge is 0.383 e. The molecule has 0 fully saturated rings. The second-order valence-electron chi connectivity index (χ2n) is 3.39. The van der Waals surface area contributed by atoms with Crippen LogP contribution in [0.1, 0.15) is 15.6 Å². The van der Waals surface area contributed by atoms with Crippen LogP contribution in [-0.2, 0) is 11.2 Å². The van der Waals surface area contributed by atoms with Crippen LogP contribution in [0.4, 0.5) is 0 Å². The van der Waals surface area contributed by atoms with Crippen molar-refractivity contribution in [3.8, 4) is 0 Å². The number of rotatable bonds is 5. The zero-order valence-corrected chi connectivity index (χ0v) is 10.1. The first-order valence-electron chi connectivity index (χ1n) is 4.76. The number of nitrogens with zero attached hydrogens (tertiary/aromatic N) is 1. The summed E-state index contributed by atoms with van der Waals surface area (Å²) in [6.07, 6.45) is 0.948. The summed E-state index contributed by atoms with van der Waals surface area (Å²) in [5, 5.41) is 4.41. The normalized spacial score (nSPS) is 13.1. The van der Waals surface area contributed by atoms with Crippen LogP contribution >= 0.6 is 11.3 Å².